The number of hydrogen-bond donors (Lipinski definition) is 0. The third-order valence-corrected chi connectivity index (χ3v) is 4.64. The molecule has 1 aliphatic heterocycles. The second-order valence-corrected chi connectivity index (χ2v) is 6.66. The minimum absolute atomic E-state index is 0.186. The van der Waals surface area contributed by atoms with Crippen LogP contribution in [-0.4, -0.2) is 20.9 Å². The fourth-order valence-electron chi connectivity index (χ4n) is 2.45. The summed E-state index contributed by atoms with van der Waals surface area (Å²) in [4.78, 5) is 21.5. The molecule has 0 N–H and O–H groups in total. The molecule has 0 radical (unpaired) electrons. The van der Waals surface area contributed by atoms with Crippen molar-refractivity contribution in [1.29, 1.82) is 0 Å². The molecule has 26 heavy (non-hydrogen) atoms. The fourth-order valence-corrected chi connectivity index (χ4v) is 3.10. The van der Waals surface area contributed by atoms with Crippen molar-refractivity contribution in [3.05, 3.63) is 94.0 Å². The van der Waals surface area contributed by atoms with E-state index in [0.717, 1.165) is 10.6 Å². The number of hydrogen-bond acceptors (Lipinski definition) is 4. The van der Waals surface area contributed by atoms with Crippen LogP contribution in [0.15, 0.2) is 82.7 Å². The van der Waals surface area contributed by atoms with E-state index in [0.29, 0.717) is 28.4 Å². The van der Waals surface area contributed by atoms with E-state index in [9.17, 15) is 4.79 Å². The predicted molar refractivity (Wildman–Crippen MR) is 110 cm³/mol. The summed E-state index contributed by atoms with van der Waals surface area (Å²) in [5, 5.41) is 1.37. The van der Waals surface area contributed by atoms with Crippen molar-refractivity contribution in [2.75, 3.05) is 6.26 Å². The van der Waals surface area contributed by atoms with Gasteiger partial charge in [-0.3, -0.25) is 9.36 Å². The van der Waals surface area contributed by atoms with E-state index >= 15 is 0 Å². The van der Waals surface area contributed by atoms with Gasteiger partial charge in [-0.25, -0.2) is 9.98 Å². The van der Waals surface area contributed by atoms with E-state index in [4.69, 9.17) is 11.6 Å². The number of benzene rings is 1. The van der Waals surface area contributed by atoms with Gasteiger partial charge in [0, 0.05) is 22.9 Å². The van der Waals surface area contributed by atoms with Gasteiger partial charge >= 0.3 is 0 Å². The lowest BCUT2D eigenvalue weighted by molar-refractivity contribution is 0.930. The first kappa shape index (κ1) is 18.2. The second kappa shape index (κ2) is 8.19. The van der Waals surface area contributed by atoms with Gasteiger partial charge in [-0.2, -0.15) is 0 Å². The van der Waals surface area contributed by atoms with Gasteiger partial charge < -0.3 is 0 Å². The van der Waals surface area contributed by atoms with Crippen LogP contribution >= 0.6 is 23.4 Å². The predicted octanol–water partition coefficient (Wildman–Crippen LogP) is 4.66. The number of nitrogens with zero attached hydrogens (tertiary/aromatic N) is 3. The summed E-state index contributed by atoms with van der Waals surface area (Å²) in [5.41, 5.74) is 6.03. The first-order chi connectivity index (χ1) is 12.6. The Morgan fingerprint density at radius 1 is 1.35 bits per heavy atom. The number of thioether (sulfide) groups is 1. The molecule has 130 valence electrons. The van der Waals surface area contributed by atoms with E-state index in [1.54, 1.807) is 36.5 Å². The Kier molecular flexibility index (Phi) is 5.74. The molecular weight excluding hydrogens is 366 g/mol. The third-order valence-electron chi connectivity index (χ3n) is 3.70. The molecule has 4 nitrogen and oxygen atoms in total. The monoisotopic (exact) mass is 381 g/mol. The number of halogens is 1. The Morgan fingerprint density at radius 2 is 2.12 bits per heavy atom. The quantitative estimate of drug-likeness (QED) is 0.571. The number of rotatable bonds is 4. The molecule has 1 aromatic heterocycles. The Balaban J connectivity index is 2.10. The van der Waals surface area contributed by atoms with Gasteiger partial charge in [0.05, 0.1) is 17.0 Å². The summed E-state index contributed by atoms with van der Waals surface area (Å²) in [7, 11) is 0. The molecule has 3 rings (SSSR count). The highest BCUT2D eigenvalue weighted by atomic mass is 35.5. The minimum Gasteiger partial charge on any atom is -0.269 e. The number of aliphatic imine (C=N–C) groups is 1. The van der Waals surface area contributed by atoms with Gasteiger partial charge in [0.25, 0.3) is 5.56 Å². The van der Waals surface area contributed by atoms with Crippen LogP contribution in [0.5, 0.6) is 0 Å². The maximum absolute atomic E-state index is 12.6. The molecule has 0 spiro atoms. The molecular formula is C20H16ClN3OS. The van der Waals surface area contributed by atoms with Crippen LogP contribution in [-0.2, 0) is 0 Å². The molecule has 2 aromatic rings. The SMILES string of the molecule is C=CCC1=C=C(c2cc(=O)n(-c3ccc(Cl)cc3)cn2)C(SC)=NC=C1. The average molecular weight is 382 g/mol. The molecule has 0 saturated carbocycles. The molecule has 6 heteroatoms. The standard InChI is InChI=1S/C20H16ClN3OS/c1-3-4-14-9-10-22-20(26-2)17(11-14)18-12-19(25)24(13-23-18)16-7-5-15(21)6-8-16/h3,5-10,12-13H,1,4H2,2H3. The van der Waals surface area contributed by atoms with Gasteiger partial charge in [0.2, 0.25) is 0 Å². The van der Waals surface area contributed by atoms with E-state index in [2.05, 4.69) is 22.3 Å². The molecule has 0 saturated heterocycles. The first-order valence-electron chi connectivity index (χ1n) is 7.87. The topological polar surface area (TPSA) is 47.2 Å². The van der Waals surface area contributed by atoms with E-state index in [1.165, 1.54) is 28.7 Å². The molecule has 0 aliphatic carbocycles. The Morgan fingerprint density at radius 3 is 2.77 bits per heavy atom. The van der Waals surface area contributed by atoms with Crippen molar-refractivity contribution in [1.82, 2.24) is 9.55 Å². The van der Waals surface area contributed by atoms with Gasteiger partial charge in [0.15, 0.2) is 0 Å². The summed E-state index contributed by atoms with van der Waals surface area (Å²) in [6.45, 7) is 3.76. The number of aromatic nitrogens is 2. The van der Waals surface area contributed by atoms with Gasteiger partial charge in [-0.05, 0) is 43.0 Å². The van der Waals surface area contributed by atoms with E-state index in [1.807, 2.05) is 12.3 Å². The molecule has 0 fully saturated rings. The van der Waals surface area contributed by atoms with Gasteiger partial charge in [0.1, 0.15) is 11.4 Å². The van der Waals surface area contributed by atoms with Crippen molar-refractivity contribution in [2.24, 2.45) is 4.99 Å². The van der Waals surface area contributed by atoms with Crippen molar-refractivity contribution in [2.45, 2.75) is 6.42 Å². The molecule has 0 amide bonds. The fraction of sp³-hybridized carbons (Fsp3) is 0.100. The Bertz CT molecular complexity index is 1030. The van der Waals surface area contributed by atoms with E-state index < -0.39 is 0 Å². The maximum atomic E-state index is 12.6. The second-order valence-electron chi connectivity index (χ2n) is 5.43. The zero-order valence-electron chi connectivity index (χ0n) is 14.1. The molecule has 1 aliphatic rings. The van der Waals surface area contributed by atoms with Crippen LogP contribution in [0.2, 0.25) is 5.02 Å². The van der Waals surface area contributed by atoms with Crippen molar-refractivity contribution in [3.8, 4) is 5.69 Å². The third kappa shape index (κ3) is 3.97. The van der Waals surface area contributed by atoms with Crippen LogP contribution in [0.3, 0.4) is 0 Å². The lowest BCUT2D eigenvalue weighted by Crippen LogP contribution is -2.19. The van der Waals surface area contributed by atoms with Crippen molar-refractivity contribution >= 4 is 34.0 Å². The zero-order chi connectivity index (χ0) is 18.5. The molecule has 0 atom stereocenters. The average Bonchev–Trinajstić information content (AvgIpc) is 2.85. The largest absolute Gasteiger partial charge is 0.269 e. The maximum Gasteiger partial charge on any atom is 0.258 e. The van der Waals surface area contributed by atoms with Crippen LogP contribution in [0.1, 0.15) is 12.1 Å². The first-order valence-corrected chi connectivity index (χ1v) is 9.47. The summed E-state index contributed by atoms with van der Waals surface area (Å²) in [5.74, 6) is 0. The van der Waals surface area contributed by atoms with Crippen LogP contribution in [0.4, 0.5) is 0 Å². The highest BCUT2D eigenvalue weighted by molar-refractivity contribution is 8.14. The van der Waals surface area contributed by atoms with Crippen LogP contribution in [0.25, 0.3) is 11.3 Å². The Labute approximate surface area is 161 Å². The summed E-state index contributed by atoms with van der Waals surface area (Å²) >= 11 is 7.39. The molecule has 0 bridgehead atoms. The van der Waals surface area contributed by atoms with Gasteiger partial charge in [-0.1, -0.05) is 17.7 Å². The van der Waals surface area contributed by atoms with Crippen molar-refractivity contribution in [3.63, 3.8) is 0 Å². The van der Waals surface area contributed by atoms with Crippen molar-refractivity contribution < 1.29 is 0 Å². The number of allylic oxidation sites excluding steroid dienone is 2. The Hall–Kier alpha value is -2.59. The summed E-state index contributed by atoms with van der Waals surface area (Å²) in [6.07, 6.45) is 9.54. The lowest BCUT2D eigenvalue weighted by atomic mass is 10.1. The molecule has 0 unspecified atom stereocenters. The normalized spacial score (nSPS) is 13.5. The van der Waals surface area contributed by atoms with E-state index in [-0.39, 0.29) is 5.56 Å². The highest BCUT2D eigenvalue weighted by Crippen LogP contribution is 2.22. The lowest BCUT2D eigenvalue weighted by Gasteiger charge is -2.08. The smallest absolute Gasteiger partial charge is 0.258 e. The highest BCUT2D eigenvalue weighted by Gasteiger charge is 2.14. The summed E-state index contributed by atoms with van der Waals surface area (Å²) < 4.78 is 1.47. The molecule has 2 heterocycles. The zero-order valence-corrected chi connectivity index (χ0v) is 15.7. The molecule has 1 aromatic carbocycles. The minimum atomic E-state index is -0.186. The van der Waals surface area contributed by atoms with Gasteiger partial charge in [-0.15, -0.1) is 24.1 Å². The van der Waals surface area contributed by atoms with Crippen LogP contribution in [0, 0.1) is 0 Å². The summed E-state index contributed by atoms with van der Waals surface area (Å²) in [6, 6.07) is 8.52. The van der Waals surface area contributed by atoms with Crippen LogP contribution < -0.4 is 5.56 Å².